The van der Waals surface area contributed by atoms with Gasteiger partial charge in [-0.15, -0.1) is 0 Å². The molecule has 136 valence electrons. The first-order valence-corrected chi connectivity index (χ1v) is 9.66. The molecule has 3 N–H and O–H groups in total. The molecule has 1 aliphatic heterocycles. The Bertz CT molecular complexity index is 768. The van der Waals surface area contributed by atoms with E-state index < -0.39 is 0 Å². The van der Waals surface area contributed by atoms with Crippen LogP contribution in [0, 0.1) is 23.7 Å². The van der Waals surface area contributed by atoms with Crippen LogP contribution < -0.4 is 11.1 Å². The van der Waals surface area contributed by atoms with E-state index in [-0.39, 0.29) is 29.2 Å². The molecular weight excluding hydrogens is 326 g/mol. The molecule has 2 unspecified atom stereocenters. The topological polar surface area (TPSA) is 75.4 Å². The van der Waals surface area contributed by atoms with Crippen molar-refractivity contribution in [3.05, 3.63) is 42.1 Å². The highest BCUT2D eigenvalue weighted by Crippen LogP contribution is 2.56. The molecule has 4 atom stereocenters. The molecular formula is C21H25N3O2. The Kier molecular flexibility index (Phi) is 3.27. The predicted molar refractivity (Wildman–Crippen MR) is 98.6 cm³/mol. The number of hydrogen-bond acceptors (Lipinski definition) is 4. The summed E-state index contributed by atoms with van der Waals surface area (Å²) < 4.78 is 0. The van der Waals surface area contributed by atoms with Gasteiger partial charge in [-0.2, -0.15) is 0 Å². The maximum atomic E-state index is 12.8. The van der Waals surface area contributed by atoms with Gasteiger partial charge in [0.2, 0.25) is 11.8 Å². The predicted octanol–water partition coefficient (Wildman–Crippen LogP) is 2.39. The van der Waals surface area contributed by atoms with Gasteiger partial charge >= 0.3 is 0 Å². The number of nitrogens with two attached hydrogens (primary N) is 1. The first kappa shape index (κ1) is 15.9. The van der Waals surface area contributed by atoms with E-state index in [4.69, 9.17) is 5.73 Å². The van der Waals surface area contributed by atoms with Crippen LogP contribution in [0.15, 0.2) is 36.5 Å². The summed E-state index contributed by atoms with van der Waals surface area (Å²) in [6.45, 7) is 4.41. The minimum atomic E-state index is -0.120. The van der Waals surface area contributed by atoms with E-state index in [9.17, 15) is 9.59 Å². The van der Waals surface area contributed by atoms with Crippen molar-refractivity contribution in [3.8, 4) is 0 Å². The maximum absolute atomic E-state index is 12.8. The van der Waals surface area contributed by atoms with Crippen molar-refractivity contribution in [2.75, 3.05) is 12.3 Å². The standard InChI is InChI=1S/C21H25N3O2/c1-12(23-21(8-9-21)15-4-6-16(22)7-5-15)11-24-19(25)17-13-2-3-14(10-13)18(17)20(24)26/h4-7,13-14,17-18,23H,1-3,8-11,22H2/t13-,14+,17?,18?. The van der Waals surface area contributed by atoms with Crippen molar-refractivity contribution in [2.24, 2.45) is 23.7 Å². The lowest BCUT2D eigenvalue weighted by Crippen LogP contribution is -2.39. The summed E-state index contributed by atoms with van der Waals surface area (Å²) in [5.41, 5.74) is 8.34. The van der Waals surface area contributed by atoms with Crippen LogP contribution in [0.4, 0.5) is 5.69 Å². The zero-order valence-electron chi connectivity index (χ0n) is 14.9. The molecule has 5 nitrogen and oxygen atoms in total. The van der Waals surface area contributed by atoms with Crippen molar-refractivity contribution in [1.29, 1.82) is 0 Å². The van der Waals surface area contributed by atoms with E-state index >= 15 is 0 Å². The van der Waals surface area contributed by atoms with Crippen LogP contribution in [0.3, 0.4) is 0 Å². The van der Waals surface area contributed by atoms with E-state index in [0.717, 1.165) is 43.5 Å². The second-order valence-electron chi connectivity index (χ2n) is 8.58. The summed E-state index contributed by atoms with van der Waals surface area (Å²) in [5, 5.41) is 3.49. The SMILES string of the molecule is C=C(CN1C(=O)C2C(C1=O)[C@H]1CC[C@@H]2C1)NC1(c2ccc(N)cc2)CC1. The lowest BCUT2D eigenvalue weighted by Gasteiger charge is -2.24. The highest BCUT2D eigenvalue weighted by molar-refractivity contribution is 6.06. The number of fused-ring (bicyclic) bond motifs is 5. The number of likely N-dealkylation sites (tertiary alicyclic amines) is 1. The average molecular weight is 351 g/mol. The van der Waals surface area contributed by atoms with Crippen LogP contribution in [0.2, 0.25) is 0 Å². The van der Waals surface area contributed by atoms with Crippen LogP contribution >= 0.6 is 0 Å². The summed E-state index contributed by atoms with van der Waals surface area (Å²) in [6, 6.07) is 7.89. The van der Waals surface area contributed by atoms with Gasteiger partial charge in [0.25, 0.3) is 0 Å². The van der Waals surface area contributed by atoms with Gasteiger partial charge in [0, 0.05) is 11.4 Å². The van der Waals surface area contributed by atoms with E-state index in [1.807, 2.05) is 24.3 Å². The fraction of sp³-hybridized carbons (Fsp3) is 0.524. The van der Waals surface area contributed by atoms with Gasteiger partial charge in [-0.05, 0) is 61.6 Å². The van der Waals surface area contributed by atoms with E-state index in [1.165, 1.54) is 10.5 Å². The number of benzene rings is 1. The number of amides is 2. The summed E-state index contributed by atoms with van der Waals surface area (Å²) in [7, 11) is 0. The van der Waals surface area contributed by atoms with Gasteiger partial charge < -0.3 is 11.1 Å². The molecule has 3 saturated carbocycles. The lowest BCUT2D eigenvalue weighted by molar-refractivity contribution is -0.140. The number of nitrogen functional groups attached to an aromatic ring is 1. The quantitative estimate of drug-likeness (QED) is 0.631. The van der Waals surface area contributed by atoms with Crippen molar-refractivity contribution >= 4 is 17.5 Å². The smallest absolute Gasteiger partial charge is 0.233 e. The van der Waals surface area contributed by atoms with Gasteiger partial charge in [0.05, 0.1) is 23.9 Å². The highest BCUT2D eigenvalue weighted by Gasteiger charge is 2.60. The molecule has 4 fully saturated rings. The largest absolute Gasteiger partial charge is 0.399 e. The number of nitrogens with zero attached hydrogens (tertiary/aromatic N) is 1. The minimum absolute atomic E-state index is 0.0347. The molecule has 0 spiro atoms. The van der Waals surface area contributed by atoms with Crippen LogP contribution in [-0.4, -0.2) is 23.3 Å². The normalized spacial score (nSPS) is 33.5. The van der Waals surface area contributed by atoms with Gasteiger partial charge in [0.15, 0.2) is 0 Å². The Hall–Kier alpha value is -2.30. The monoisotopic (exact) mass is 351 g/mol. The van der Waals surface area contributed by atoms with Gasteiger partial charge in [-0.25, -0.2) is 0 Å². The maximum Gasteiger partial charge on any atom is 0.233 e. The molecule has 1 aromatic carbocycles. The third-order valence-corrected chi connectivity index (χ3v) is 7.00. The first-order chi connectivity index (χ1) is 12.5. The molecule has 3 aliphatic carbocycles. The Morgan fingerprint density at radius 2 is 1.69 bits per heavy atom. The van der Waals surface area contributed by atoms with Crippen LogP contribution in [-0.2, 0) is 15.1 Å². The number of nitrogens with one attached hydrogen (secondary N) is 1. The van der Waals surface area contributed by atoms with Gasteiger partial charge in [-0.3, -0.25) is 14.5 Å². The molecule has 1 aromatic rings. The van der Waals surface area contributed by atoms with E-state index in [1.54, 1.807) is 0 Å². The molecule has 2 bridgehead atoms. The summed E-state index contributed by atoms with van der Waals surface area (Å²) in [6.07, 6.45) is 5.33. The van der Waals surface area contributed by atoms with Crippen molar-refractivity contribution in [1.82, 2.24) is 10.2 Å². The molecule has 4 aliphatic rings. The number of imide groups is 1. The lowest BCUT2D eigenvalue weighted by atomic mass is 9.81. The van der Waals surface area contributed by atoms with Gasteiger partial charge in [0.1, 0.15) is 0 Å². The molecule has 1 saturated heterocycles. The number of carbonyl (C=O) groups excluding carboxylic acids is 2. The minimum Gasteiger partial charge on any atom is -0.399 e. The molecule has 5 heteroatoms. The van der Waals surface area contributed by atoms with Crippen LogP contribution in [0.5, 0.6) is 0 Å². The molecule has 26 heavy (non-hydrogen) atoms. The molecule has 0 aromatic heterocycles. The second-order valence-corrected chi connectivity index (χ2v) is 8.58. The molecule has 2 amide bonds. The van der Waals surface area contributed by atoms with Crippen molar-refractivity contribution in [3.63, 3.8) is 0 Å². The number of rotatable bonds is 5. The number of hydrogen-bond donors (Lipinski definition) is 2. The molecule has 1 heterocycles. The second kappa shape index (κ2) is 5.35. The van der Waals surface area contributed by atoms with Crippen molar-refractivity contribution < 1.29 is 9.59 Å². The number of anilines is 1. The highest BCUT2D eigenvalue weighted by atomic mass is 16.2. The number of carbonyl (C=O) groups is 2. The Labute approximate surface area is 153 Å². The first-order valence-electron chi connectivity index (χ1n) is 9.66. The van der Waals surface area contributed by atoms with Crippen LogP contribution in [0.1, 0.15) is 37.7 Å². The van der Waals surface area contributed by atoms with E-state index in [2.05, 4.69) is 11.9 Å². The zero-order valence-corrected chi connectivity index (χ0v) is 14.9. The fourth-order valence-corrected chi connectivity index (χ4v) is 5.61. The Morgan fingerprint density at radius 3 is 2.23 bits per heavy atom. The van der Waals surface area contributed by atoms with Gasteiger partial charge in [-0.1, -0.05) is 18.7 Å². The Morgan fingerprint density at radius 1 is 1.12 bits per heavy atom. The summed E-state index contributed by atoms with van der Waals surface area (Å²) in [5.74, 6) is 0.816. The Balaban J connectivity index is 1.28. The average Bonchev–Trinajstić information content (AvgIpc) is 3.00. The third-order valence-electron chi connectivity index (χ3n) is 7.00. The van der Waals surface area contributed by atoms with Crippen LogP contribution in [0.25, 0.3) is 0 Å². The summed E-state index contributed by atoms with van der Waals surface area (Å²) in [4.78, 5) is 27.1. The van der Waals surface area contributed by atoms with E-state index in [0.29, 0.717) is 18.4 Å². The third kappa shape index (κ3) is 2.22. The molecule has 0 radical (unpaired) electrons. The fourth-order valence-electron chi connectivity index (χ4n) is 5.61. The summed E-state index contributed by atoms with van der Waals surface area (Å²) >= 11 is 0. The zero-order chi connectivity index (χ0) is 18.1. The van der Waals surface area contributed by atoms with Crippen molar-refractivity contribution in [2.45, 2.75) is 37.6 Å². The molecule has 5 rings (SSSR count).